The van der Waals surface area contributed by atoms with E-state index in [1.807, 2.05) is 0 Å². The average molecular weight is 411 g/mol. The van der Waals surface area contributed by atoms with Crippen molar-refractivity contribution in [3.8, 4) is 17.2 Å². The first-order valence-electron chi connectivity index (χ1n) is 9.47. The molecule has 0 aliphatic carbocycles. The van der Waals surface area contributed by atoms with Crippen LogP contribution in [0.25, 0.3) is 11.0 Å². The summed E-state index contributed by atoms with van der Waals surface area (Å²) in [5.41, 5.74) is 0.835. The molecule has 1 atom stereocenters. The minimum absolute atomic E-state index is 0.0402. The molecule has 0 radical (unpaired) electrons. The predicted molar refractivity (Wildman–Crippen MR) is 108 cm³/mol. The molecule has 0 bridgehead atoms. The van der Waals surface area contributed by atoms with Crippen molar-refractivity contribution in [1.82, 2.24) is 5.32 Å². The fourth-order valence-electron chi connectivity index (χ4n) is 3.50. The maximum atomic E-state index is 13.2. The van der Waals surface area contributed by atoms with Gasteiger partial charge in [-0.25, -0.2) is 0 Å². The summed E-state index contributed by atoms with van der Waals surface area (Å²) in [5, 5.41) is 13.8. The van der Waals surface area contributed by atoms with Crippen molar-refractivity contribution in [2.45, 2.75) is 12.3 Å². The third kappa shape index (κ3) is 3.81. The quantitative estimate of drug-likeness (QED) is 0.575. The topological polar surface area (TPSA) is 107 Å². The first-order chi connectivity index (χ1) is 14.6. The van der Waals surface area contributed by atoms with Crippen molar-refractivity contribution in [3.63, 3.8) is 0 Å². The van der Waals surface area contributed by atoms with Crippen molar-refractivity contribution < 1.29 is 28.5 Å². The Morgan fingerprint density at radius 3 is 2.77 bits per heavy atom. The van der Waals surface area contributed by atoms with Gasteiger partial charge in [0.15, 0.2) is 16.9 Å². The molecule has 1 aromatic heterocycles. The van der Waals surface area contributed by atoms with E-state index in [4.69, 9.17) is 18.6 Å². The van der Waals surface area contributed by atoms with Gasteiger partial charge in [-0.2, -0.15) is 0 Å². The molecule has 8 heteroatoms. The SMILES string of the molecule is COCCNC(=O)CC(c1cc2c(cc1O)OCO2)c1coc2ccccc2c1=O. The first-order valence-corrected chi connectivity index (χ1v) is 9.47. The lowest BCUT2D eigenvalue weighted by atomic mass is 9.87. The first kappa shape index (κ1) is 19.8. The molecule has 4 rings (SSSR count). The van der Waals surface area contributed by atoms with E-state index in [0.717, 1.165) is 0 Å². The number of nitrogens with one attached hydrogen (secondary N) is 1. The van der Waals surface area contributed by atoms with Crippen LogP contribution in [0.15, 0.2) is 51.9 Å². The Balaban J connectivity index is 1.78. The summed E-state index contributed by atoms with van der Waals surface area (Å²) in [6.07, 6.45) is 1.28. The smallest absolute Gasteiger partial charge is 0.231 e. The second-order valence-corrected chi connectivity index (χ2v) is 6.88. The summed E-state index contributed by atoms with van der Waals surface area (Å²) < 4.78 is 21.3. The maximum Gasteiger partial charge on any atom is 0.231 e. The molecule has 1 aliphatic heterocycles. The van der Waals surface area contributed by atoms with Crippen LogP contribution in [-0.4, -0.2) is 38.1 Å². The van der Waals surface area contributed by atoms with Crippen LogP contribution in [0.4, 0.5) is 0 Å². The van der Waals surface area contributed by atoms with Gasteiger partial charge in [0.2, 0.25) is 12.7 Å². The van der Waals surface area contributed by atoms with Crippen molar-refractivity contribution >= 4 is 16.9 Å². The molecule has 3 aromatic rings. The molecule has 0 saturated heterocycles. The standard InChI is InChI=1S/C22H21NO7/c1-27-7-6-23-21(25)9-14(15-8-19-20(10-17(15)24)30-12-29-19)16-11-28-18-5-3-2-4-13(18)22(16)26/h2-5,8,10-11,14,24H,6-7,9,12H2,1H3,(H,23,25). The molecule has 2 heterocycles. The van der Waals surface area contributed by atoms with Crippen LogP contribution in [0.5, 0.6) is 17.2 Å². The Kier molecular flexibility index (Phi) is 5.58. The second-order valence-electron chi connectivity index (χ2n) is 6.88. The highest BCUT2D eigenvalue weighted by atomic mass is 16.7. The van der Waals surface area contributed by atoms with Gasteiger partial charge >= 0.3 is 0 Å². The van der Waals surface area contributed by atoms with Crippen LogP contribution >= 0.6 is 0 Å². The Hall–Kier alpha value is -3.52. The van der Waals surface area contributed by atoms with E-state index in [-0.39, 0.29) is 35.9 Å². The number of ether oxygens (including phenoxy) is 3. The van der Waals surface area contributed by atoms with E-state index in [1.54, 1.807) is 37.4 Å². The third-order valence-corrected chi connectivity index (χ3v) is 5.00. The number of amides is 1. The zero-order valence-electron chi connectivity index (χ0n) is 16.3. The zero-order valence-corrected chi connectivity index (χ0v) is 16.3. The summed E-state index contributed by atoms with van der Waals surface area (Å²) in [4.78, 5) is 25.7. The lowest BCUT2D eigenvalue weighted by molar-refractivity contribution is -0.121. The number of para-hydroxylation sites is 1. The molecular formula is C22H21NO7. The van der Waals surface area contributed by atoms with Crippen LogP contribution < -0.4 is 20.2 Å². The molecule has 8 nitrogen and oxygen atoms in total. The fourth-order valence-corrected chi connectivity index (χ4v) is 3.50. The van der Waals surface area contributed by atoms with Gasteiger partial charge < -0.3 is 29.1 Å². The van der Waals surface area contributed by atoms with E-state index >= 15 is 0 Å². The minimum atomic E-state index is -0.747. The number of aromatic hydroxyl groups is 1. The molecule has 2 aromatic carbocycles. The molecule has 30 heavy (non-hydrogen) atoms. The van der Waals surface area contributed by atoms with Crippen molar-refractivity contribution in [2.75, 3.05) is 27.1 Å². The zero-order chi connectivity index (χ0) is 21.1. The van der Waals surface area contributed by atoms with Crippen LogP contribution in [0, 0.1) is 0 Å². The van der Waals surface area contributed by atoms with E-state index in [9.17, 15) is 14.7 Å². The minimum Gasteiger partial charge on any atom is -0.508 e. The van der Waals surface area contributed by atoms with Crippen molar-refractivity contribution in [3.05, 3.63) is 64.0 Å². The van der Waals surface area contributed by atoms with Crippen molar-refractivity contribution in [1.29, 1.82) is 0 Å². The third-order valence-electron chi connectivity index (χ3n) is 5.00. The molecule has 0 spiro atoms. The Bertz CT molecular complexity index is 1140. The van der Waals surface area contributed by atoms with Crippen LogP contribution in [0.1, 0.15) is 23.5 Å². The number of carbonyl (C=O) groups excluding carboxylic acids is 1. The second kappa shape index (κ2) is 8.46. The van der Waals surface area contributed by atoms with Crippen LogP contribution in [0.3, 0.4) is 0 Å². The van der Waals surface area contributed by atoms with E-state index in [1.165, 1.54) is 12.3 Å². The van der Waals surface area contributed by atoms with Gasteiger partial charge in [-0.05, 0) is 18.2 Å². The monoisotopic (exact) mass is 411 g/mol. The molecule has 1 amide bonds. The van der Waals surface area contributed by atoms with Gasteiger partial charge in [0.25, 0.3) is 0 Å². The summed E-state index contributed by atoms with van der Waals surface area (Å²) in [5.74, 6) is -0.283. The largest absolute Gasteiger partial charge is 0.508 e. The molecule has 156 valence electrons. The molecular weight excluding hydrogens is 390 g/mol. The number of hydrogen-bond donors (Lipinski definition) is 2. The predicted octanol–water partition coefficient (Wildman–Crippen LogP) is 2.51. The normalized spacial score (nSPS) is 13.4. The van der Waals surface area contributed by atoms with Gasteiger partial charge in [-0.1, -0.05) is 12.1 Å². The molecule has 1 unspecified atom stereocenters. The van der Waals surface area contributed by atoms with Gasteiger partial charge in [-0.15, -0.1) is 0 Å². The number of benzene rings is 2. The van der Waals surface area contributed by atoms with Gasteiger partial charge in [0.1, 0.15) is 11.3 Å². The highest BCUT2D eigenvalue weighted by molar-refractivity contribution is 5.80. The van der Waals surface area contributed by atoms with Crippen molar-refractivity contribution in [2.24, 2.45) is 0 Å². The number of methoxy groups -OCH3 is 1. The highest BCUT2D eigenvalue weighted by Gasteiger charge is 2.28. The Morgan fingerprint density at radius 2 is 1.97 bits per heavy atom. The Labute approximate surface area is 172 Å². The highest BCUT2D eigenvalue weighted by Crippen LogP contribution is 2.42. The van der Waals surface area contributed by atoms with Crippen LogP contribution in [0.2, 0.25) is 0 Å². The molecule has 2 N–H and O–H groups in total. The summed E-state index contributed by atoms with van der Waals surface area (Å²) in [6.45, 7) is 0.740. The molecule has 0 saturated carbocycles. The van der Waals surface area contributed by atoms with Gasteiger partial charge in [0, 0.05) is 43.2 Å². The number of phenolic OH excluding ortho intramolecular Hbond substituents is 1. The number of rotatable bonds is 7. The lowest BCUT2D eigenvalue weighted by Gasteiger charge is -2.19. The lowest BCUT2D eigenvalue weighted by Crippen LogP contribution is -2.29. The van der Waals surface area contributed by atoms with E-state index < -0.39 is 5.92 Å². The van der Waals surface area contributed by atoms with E-state index in [0.29, 0.717) is 41.2 Å². The summed E-state index contributed by atoms with van der Waals surface area (Å²) in [6, 6.07) is 9.91. The maximum absolute atomic E-state index is 13.2. The number of phenols is 1. The number of carbonyl (C=O) groups is 1. The molecule has 0 fully saturated rings. The summed E-state index contributed by atoms with van der Waals surface area (Å²) in [7, 11) is 1.54. The average Bonchev–Trinajstić information content (AvgIpc) is 3.20. The van der Waals surface area contributed by atoms with Gasteiger partial charge in [0.05, 0.1) is 18.3 Å². The van der Waals surface area contributed by atoms with Crippen LogP contribution in [-0.2, 0) is 9.53 Å². The van der Waals surface area contributed by atoms with E-state index in [2.05, 4.69) is 5.32 Å². The Morgan fingerprint density at radius 1 is 1.20 bits per heavy atom. The number of fused-ring (bicyclic) bond motifs is 2. The molecule has 1 aliphatic rings. The fraction of sp³-hybridized carbons (Fsp3) is 0.273. The number of hydrogen-bond acceptors (Lipinski definition) is 7. The van der Waals surface area contributed by atoms with Gasteiger partial charge in [-0.3, -0.25) is 9.59 Å². The summed E-state index contributed by atoms with van der Waals surface area (Å²) >= 11 is 0.